The Morgan fingerprint density at radius 1 is 1.25 bits per heavy atom. The van der Waals surface area contributed by atoms with Crippen molar-refractivity contribution in [3.8, 4) is 11.5 Å². The van der Waals surface area contributed by atoms with Crippen molar-refractivity contribution in [2.75, 3.05) is 0 Å². The first-order valence-electron chi connectivity index (χ1n) is 3.63. The van der Waals surface area contributed by atoms with Gasteiger partial charge in [-0.2, -0.15) is 0 Å². The van der Waals surface area contributed by atoms with Crippen LogP contribution in [0.2, 0.25) is 0 Å². The van der Waals surface area contributed by atoms with Crippen LogP contribution in [0.3, 0.4) is 0 Å². The Kier molecular flexibility index (Phi) is 1.63. The number of hydrogen-bond acceptors (Lipinski definition) is 3. The molecule has 1 aromatic carbocycles. The topological polar surface area (TPSA) is 38.9 Å². The van der Waals surface area contributed by atoms with Crippen LogP contribution in [0.4, 0.5) is 0 Å². The average Bonchev–Trinajstić information content (AvgIpc) is 2.58. The first-order valence-corrected chi connectivity index (χ1v) is 3.63. The predicted molar refractivity (Wildman–Crippen MR) is 43.3 cm³/mol. The van der Waals surface area contributed by atoms with Gasteiger partial charge in [-0.3, -0.25) is 0 Å². The lowest BCUT2D eigenvalue weighted by Crippen LogP contribution is -1.77. The normalized spacial score (nSPS) is 10.1. The summed E-state index contributed by atoms with van der Waals surface area (Å²) < 4.78 is 4.91. The number of aromatic nitrogens is 2. The van der Waals surface area contributed by atoms with Gasteiger partial charge in [-0.05, 0) is 19.1 Å². The molecular formula is C9H7N2O. The fourth-order valence-corrected chi connectivity index (χ4v) is 0.963. The van der Waals surface area contributed by atoms with E-state index >= 15 is 0 Å². The third-order valence-corrected chi connectivity index (χ3v) is 1.62. The molecule has 0 unspecified atom stereocenters. The minimum atomic E-state index is 0.509. The second-order valence-electron chi connectivity index (χ2n) is 2.56. The van der Waals surface area contributed by atoms with Gasteiger partial charge in [0.15, 0.2) is 0 Å². The fraction of sp³-hybridized carbons (Fsp3) is 0.111. The van der Waals surface area contributed by atoms with Gasteiger partial charge in [0, 0.05) is 5.56 Å². The summed E-state index contributed by atoms with van der Waals surface area (Å²) in [5, 5.41) is 7.22. The lowest BCUT2D eigenvalue weighted by atomic mass is 10.1. The van der Waals surface area contributed by atoms with Crippen molar-refractivity contribution < 1.29 is 4.42 Å². The second kappa shape index (κ2) is 2.77. The maximum atomic E-state index is 4.91. The average molecular weight is 159 g/mol. The predicted octanol–water partition coefficient (Wildman–Crippen LogP) is 1.85. The highest BCUT2D eigenvalue weighted by Gasteiger charge is 2.01. The summed E-state index contributed by atoms with van der Waals surface area (Å²) in [6.45, 7) is 2.03. The second-order valence-corrected chi connectivity index (χ2v) is 2.56. The van der Waals surface area contributed by atoms with Gasteiger partial charge in [-0.25, -0.2) is 0 Å². The molecule has 0 amide bonds. The van der Waals surface area contributed by atoms with E-state index in [1.54, 1.807) is 0 Å². The van der Waals surface area contributed by atoms with E-state index in [-0.39, 0.29) is 0 Å². The lowest BCUT2D eigenvalue weighted by molar-refractivity contribution is 0.559. The third kappa shape index (κ3) is 1.21. The van der Waals surface area contributed by atoms with Crippen LogP contribution in [0, 0.1) is 13.3 Å². The number of hydrogen-bond donors (Lipinski definition) is 0. The molecule has 0 spiro atoms. The molecule has 0 aliphatic rings. The highest BCUT2D eigenvalue weighted by molar-refractivity contribution is 5.52. The van der Waals surface area contributed by atoms with Crippen LogP contribution in [0.25, 0.3) is 11.5 Å². The van der Waals surface area contributed by atoms with E-state index in [1.807, 2.05) is 31.2 Å². The van der Waals surface area contributed by atoms with E-state index < -0.39 is 0 Å². The molecule has 0 aliphatic carbocycles. The molecule has 3 heteroatoms. The Balaban J connectivity index is 2.43. The number of benzene rings is 1. The summed E-state index contributed by atoms with van der Waals surface area (Å²) >= 11 is 0. The zero-order valence-electron chi connectivity index (χ0n) is 6.61. The van der Waals surface area contributed by atoms with Gasteiger partial charge in [0.2, 0.25) is 5.89 Å². The Labute approximate surface area is 70.1 Å². The quantitative estimate of drug-likeness (QED) is 0.637. The van der Waals surface area contributed by atoms with E-state index in [4.69, 9.17) is 4.42 Å². The number of nitrogens with zero attached hydrogens (tertiary/aromatic N) is 2. The van der Waals surface area contributed by atoms with Gasteiger partial charge >= 0.3 is 6.39 Å². The highest BCUT2D eigenvalue weighted by atomic mass is 16.4. The van der Waals surface area contributed by atoms with Crippen molar-refractivity contribution >= 4 is 0 Å². The SMILES string of the molecule is Cc1ccc(-c2nn[c]o2)cc1. The van der Waals surface area contributed by atoms with Gasteiger partial charge in [0.25, 0.3) is 0 Å². The van der Waals surface area contributed by atoms with Crippen molar-refractivity contribution in [2.24, 2.45) is 0 Å². The van der Waals surface area contributed by atoms with Gasteiger partial charge in [-0.15, -0.1) is 10.2 Å². The van der Waals surface area contributed by atoms with Gasteiger partial charge in [0.1, 0.15) is 0 Å². The van der Waals surface area contributed by atoms with Gasteiger partial charge in [0.05, 0.1) is 0 Å². The minimum Gasteiger partial charge on any atom is -0.412 e. The molecule has 2 aromatic rings. The van der Waals surface area contributed by atoms with E-state index in [2.05, 4.69) is 16.6 Å². The van der Waals surface area contributed by atoms with Crippen molar-refractivity contribution in [1.82, 2.24) is 10.2 Å². The summed E-state index contributed by atoms with van der Waals surface area (Å²) in [7, 11) is 0. The molecule has 0 saturated heterocycles. The Hall–Kier alpha value is -1.64. The van der Waals surface area contributed by atoms with Crippen molar-refractivity contribution in [1.29, 1.82) is 0 Å². The zero-order chi connectivity index (χ0) is 8.39. The fourth-order valence-electron chi connectivity index (χ4n) is 0.963. The molecule has 1 heterocycles. The van der Waals surface area contributed by atoms with Crippen LogP contribution < -0.4 is 0 Å². The van der Waals surface area contributed by atoms with E-state index in [0.717, 1.165) is 5.56 Å². The lowest BCUT2D eigenvalue weighted by Gasteiger charge is -1.93. The molecule has 0 fully saturated rings. The highest BCUT2D eigenvalue weighted by Crippen LogP contribution is 2.15. The van der Waals surface area contributed by atoms with Crippen LogP contribution in [0.5, 0.6) is 0 Å². The standard InChI is InChI=1S/C9H7N2O/c1-7-2-4-8(5-3-7)9-11-10-6-12-9/h2-5H,1H3. The van der Waals surface area contributed by atoms with E-state index in [0.29, 0.717) is 5.89 Å². The molecule has 0 bridgehead atoms. The summed E-state index contributed by atoms with van der Waals surface area (Å²) in [6.07, 6.45) is 2.31. The number of rotatable bonds is 1. The Morgan fingerprint density at radius 3 is 2.58 bits per heavy atom. The van der Waals surface area contributed by atoms with Gasteiger partial charge in [-0.1, -0.05) is 17.7 Å². The molecule has 2 rings (SSSR count). The number of aryl methyl sites for hydroxylation is 1. The first-order chi connectivity index (χ1) is 5.86. The summed E-state index contributed by atoms with van der Waals surface area (Å²) in [4.78, 5) is 0. The monoisotopic (exact) mass is 159 g/mol. The molecule has 0 atom stereocenters. The van der Waals surface area contributed by atoms with Crippen LogP contribution in [0.1, 0.15) is 5.56 Å². The third-order valence-electron chi connectivity index (χ3n) is 1.62. The molecule has 0 N–H and O–H groups in total. The summed E-state index contributed by atoms with van der Waals surface area (Å²) in [5.41, 5.74) is 2.14. The van der Waals surface area contributed by atoms with E-state index in [1.165, 1.54) is 5.56 Å². The van der Waals surface area contributed by atoms with Crippen molar-refractivity contribution in [3.63, 3.8) is 0 Å². The molecule has 3 nitrogen and oxygen atoms in total. The molecule has 12 heavy (non-hydrogen) atoms. The minimum absolute atomic E-state index is 0.509. The van der Waals surface area contributed by atoms with Crippen LogP contribution >= 0.6 is 0 Å². The van der Waals surface area contributed by atoms with Crippen molar-refractivity contribution in [3.05, 3.63) is 36.2 Å². The molecule has 59 valence electrons. The van der Waals surface area contributed by atoms with Crippen LogP contribution in [0.15, 0.2) is 28.7 Å². The van der Waals surface area contributed by atoms with Crippen LogP contribution in [-0.4, -0.2) is 10.2 Å². The first kappa shape index (κ1) is 7.03. The molecular weight excluding hydrogens is 152 g/mol. The Bertz CT molecular complexity index is 351. The molecule has 1 aromatic heterocycles. The summed E-state index contributed by atoms with van der Waals surface area (Å²) in [6, 6.07) is 7.88. The maximum absolute atomic E-state index is 4.91. The maximum Gasteiger partial charge on any atom is 0.306 e. The van der Waals surface area contributed by atoms with Gasteiger partial charge < -0.3 is 4.42 Å². The van der Waals surface area contributed by atoms with Crippen molar-refractivity contribution in [2.45, 2.75) is 6.92 Å². The smallest absolute Gasteiger partial charge is 0.306 e. The molecule has 0 saturated carbocycles. The van der Waals surface area contributed by atoms with Crippen LogP contribution in [-0.2, 0) is 0 Å². The summed E-state index contributed by atoms with van der Waals surface area (Å²) in [5.74, 6) is 0.509. The van der Waals surface area contributed by atoms with E-state index in [9.17, 15) is 0 Å². The molecule has 0 aliphatic heterocycles. The molecule has 1 radical (unpaired) electrons. The Morgan fingerprint density at radius 2 is 2.00 bits per heavy atom. The zero-order valence-corrected chi connectivity index (χ0v) is 6.61. The largest absolute Gasteiger partial charge is 0.412 e.